The smallest absolute Gasteiger partial charge is 0.186 e. The number of aryl methyl sites for hydroxylation is 1. The average Bonchev–Trinajstić information content (AvgIpc) is 2.52. The molecule has 0 aliphatic carbocycles. The maximum absolute atomic E-state index is 5.84. The first kappa shape index (κ1) is 14.9. The number of nitrogens with zero attached hydrogens (tertiary/aromatic N) is 1. The van der Waals surface area contributed by atoms with E-state index in [4.69, 9.17) is 4.74 Å². The summed E-state index contributed by atoms with van der Waals surface area (Å²) in [4.78, 5) is 2.03. The van der Waals surface area contributed by atoms with Gasteiger partial charge in [0.05, 0.1) is 0 Å². The summed E-state index contributed by atoms with van der Waals surface area (Å²) in [5.41, 5.74) is 3.40. The lowest BCUT2D eigenvalue weighted by atomic mass is 10.2. The average molecular weight is 279 g/mol. The van der Waals surface area contributed by atoms with Gasteiger partial charge in [0.1, 0.15) is 6.61 Å². The van der Waals surface area contributed by atoms with Crippen LogP contribution in [0.25, 0.3) is 0 Å². The fourth-order valence-electron chi connectivity index (χ4n) is 2.15. The molecule has 0 unspecified atom stereocenters. The van der Waals surface area contributed by atoms with Gasteiger partial charge in [0, 0.05) is 12.2 Å². The summed E-state index contributed by atoms with van der Waals surface area (Å²) in [6.07, 6.45) is 1.85. The first-order valence-corrected chi connectivity index (χ1v) is 7.02. The summed E-state index contributed by atoms with van der Waals surface area (Å²) in [5.74, 6) is 0.632. The van der Waals surface area contributed by atoms with Crippen LogP contribution in [0.3, 0.4) is 0 Å². The van der Waals surface area contributed by atoms with E-state index in [0.717, 1.165) is 11.3 Å². The Morgan fingerprint density at radius 1 is 1.10 bits per heavy atom. The van der Waals surface area contributed by atoms with E-state index in [1.54, 1.807) is 0 Å². The van der Waals surface area contributed by atoms with Crippen molar-refractivity contribution >= 4 is 5.69 Å². The summed E-state index contributed by atoms with van der Waals surface area (Å²) in [6.45, 7) is 11.1. The molecule has 0 N–H and O–H groups in total. The van der Waals surface area contributed by atoms with Gasteiger partial charge in [0.2, 0.25) is 0 Å². The molecular formula is C19H21NO. The summed E-state index contributed by atoms with van der Waals surface area (Å²) in [6, 6.07) is 18.3. The molecule has 2 nitrogen and oxygen atoms in total. The van der Waals surface area contributed by atoms with Crippen LogP contribution in [0, 0.1) is 6.92 Å². The molecule has 2 heteroatoms. The van der Waals surface area contributed by atoms with Crippen LogP contribution in [-0.4, -0.2) is 6.54 Å². The number of benzene rings is 2. The molecule has 0 fully saturated rings. The second kappa shape index (κ2) is 7.34. The van der Waals surface area contributed by atoms with Crippen LogP contribution < -0.4 is 4.90 Å². The molecule has 0 radical (unpaired) electrons. The molecule has 0 bridgehead atoms. The molecule has 2 rings (SSSR count). The van der Waals surface area contributed by atoms with Crippen LogP contribution >= 0.6 is 0 Å². The largest absolute Gasteiger partial charge is 0.474 e. The molecule has 0 aromatic heterocycles. The van der Waals surface area contributed by atoms with Crippen LogP contribution in [0.4, 0.5) is 5.69 Å². The zero-order valence-electron chi connectivity index (χ0n) is 12.5. The normalized spacial score (nSPS) is 9.95. The zero-order valence-corrected chi connectivity index (χ0v) is 12.5. The molecule has 2 aromatic carbocycles. The van der Waals surface area contributed by atoms with Gasteiger partial charge in [-0.25, -0.2) is 0 Å². The van der Waals surface area contributed by atoms with Crippen molar-refractivity contribution in [1.29, 1.82) is 0 Å². The Morgan fingerprint density at radius 3 is 2.43 bits per heavy atom. The molecular weight excluding hydrogens is 258 g/mol. The van der Waals surface area contributed by atoms with Gasteiger partial charge >= 0.3 is 0 Å². The predicted molar refractivity (Wildman–Crippen MR) is 89.1 cm³/mol. The van der Waals surface area contributed by atoms with E-state index in [9.17, 15) is 0 Å². The number of para-hydroxylation sites is 1. The van der Waals surface area contributed by atoms with Crippen molar-refractivity contribution in [1.82, 2.24) is 0 Å². The van der Waals surface area contributed by atoms with Crippen molar-refractivity contribution in [3.63, 3.8) is 0 Å². The topological polar surface area (TPSA) is 12.5 Å². The minimum Gasteiger partial charge on any atom is -0.474 e. The van der Waals surface area contributed by atoms with Gasteiger partial charge in [0.15, 0.2) is 5.88 Å². The van der Waals surface area contributed by atoms with Gasteiger partial charge in [-0.1, -0.05) is 54.6 Å². The van der Waals surface area contributed by atoms with Gasteiger partial charge in [-0.3, -0.25) is 0 Å². The Morgan fingerprint density at radius 2 is 1.76 bits per heavy atom. The Labute approximate surface area is 127 Å². The third-order valence-corrected chi connectivity index (χ3v) is 3.27. The molecule has 2 aromatic rings. The lowest BCUT2D eigenvalue weighted by Gasteiger charge is -2.26. The second-order valence-corrected chi connectivity index (χ2v) is 4.85. The number of ether oxygens (including phenoxy) is 1. The van der Waals surface area contributed by atoms with Gasteiger partial charge in [-0.2, -0.15) is 0 Å². The third kappa shape index (κ3) is 3.99. The lowest BCUT2D eigenvalue weighted by Crippen LogP contribution is -2.24. The van der Waals surface area contributed by atoms with Crippen LogP contribution in [0.5, 0.6) is 0 Å². The standard InChI is InChI=1S/C19H21NO/c1-4-14-20(19-13-9-8-10-16(19)2)17(3)21-15-18-11-6-5-7-12-18/h4-13H,1,3,14-15H2,2H3. The Hall–Kier alpha value is -2.48. The van der Waals surface area contributed by atoms with E-state index in [2.05, 4.69) is 32.2 Å². The molecule has 0 spiro atoms. The highest BCUT2D eigenvalue weighted by atomic mass is 16.5. The SMILES string of the molecule is C=CCN(C(=C)OCc1ccccc1)c1ccccc1C. The highest BCUT2D eigenvalue weighted by molar-refractivity contribution is 5.56. The Bertz CT molecular complexity index is 604. The van der Waals surface area contributed by atoms with E-state index in [-0.39, 0.29) is 0 Å². The molecule has 0 atom stereocenters. The van der Waals surface area contributed by atoms with Crippen molar-refractivity contribution in [3.8, 4) is 0 Å². The molecule has 0 saturated carbocycles. The molecule has 0 aliphatic rings. The number of hydrogen-bond donors (Lipinski definition) is 0. The summed E-state index contributed by atoms with van der Waals surface area (Å²) >= 11 is 0. The fourth-order valence-corrected chi connectivity index (χ4v) is 2.15. The van der Waals surface area contributed by atoms with Gasteiger partial charge in [0.25, 0.3) is 0 Å². The Balaban J connectivity index is 2.09. The third-order valence-electron chi connectivity index (χ3n) is 3.27. The summed E-state index contributed by atoms with van der Waals surface area (Å²) < 4.78 is 5.84. The van der Waals surface area contributed by atoms with Crippen LogP contribution in [0.2, 0.25) is 0 Å². The van der Waals surface area contributed by atoms with Gasteiger partial charge in [-0.05, 0) is 30.7 Å². The van der Waals surface area contributed by atoms with Crippen LogP contribution in [0.1, 0.15) is 11.1 Å². The van der Waals surface area contributed by atoms with E-state index in [1.165, 1.54) is 5.56 Å². The summed E-state index contributed by atoms with van der Waals surface area (Å²) in [7, 11) is 0. The quantitative estimate of drug-likeness (QED) is 0.539. The fraction of sp³-hybridized carbons (Fsp3) is 0.158. The van der Waals surface area contributed by atoms with Crippen molar-refractivity contribution < 1.29 is 4.74 Å². The zero-order chi connectivity index (χ0) is 15.1. The maximum Gasteiger partial charge on any atom is 0.186 e. The van der Waals surface area contributed by atoms with Crippen LogP contribution in [-0.2, 0) is 11.3 Å². The summed E-state index contributed by atoms with van der Waals surface area (Å²) in [5, 5.41) is 0. The molecule has 21 heavy (non-hydrogen) atoms. The minimum absolute atomic E-state index is 0.513. The van der Waals surface area contributed by atoms with Crippen LogP contribution in [0.15, 0.2) is 79.7 Å². The molecule has 0 aliphatic heterocycles. The van der Waals surface area contributed by atoms with E-state index < -0.39 is 0 Å². The molecule has 0 heterocycles. The Kier molecular flexibility index (Phi) is 5.22. The first-order valence-electron chi connectivity index (χ1n) is 7.02. The maximum atomic E-state index is 5.84. The highest BCUT2D eigenvalue weighted by Gasteiger charge is 2.12. The van der Waals surface area contributed by atoms with E-state index in [0.29, 0.717) is 19.0 Å². The highest BCUT2D eigenvalue weighted by Crippen LogP contribution is 2.23. The number of rotatable bonds is 7. The number of hydrogen-bond acceptors (Lipinski definition) is 2. The van der Waals surface area contributed by atoms with Crippen molar-refractivity contribution in [2.75, 3.05) is 11.4 Å². The minimum atomic E-state index is 0.513. The first-order chi connectivity index (χ1) is 10.2. The van der Waals surface area contributed by atoms with Crippen molar-refractivity contribution in [3.05, 3.63) is 90.8 Å². The lowest BCUT2D eigenvalue weighted by molar-refractivity contribution is 0.193. The van der Waals surface area contributed by atoms with Gasteiger partial charge in [-0.15, -0.1) is 6.58 Å². The molecule has 0 amide bonds. The van der Waals surface area contributed by atoms with Crippen molar-refractivity contribution in [2.45, 2.75) is 13.5 Å². The van der Waals surface area contributed by atoms with E-state index >= 15 is 0 Å². The van der Waals surface area contributed by atoms with Crippen molar-refractivity contribution in [2.24, 2.45) is 0 Å². The monoisotopic (exact) mass is 279 g/mol. The van der Waals surface area contributed by atoms with E-state index in [1.807, 2.05) is 53.4 Å². The molecule has 108 valence electrons. The second-order valence-electron chi connectivity index (χ2n) is 4.85. The number of anilines is 1. The predicted octanol–water partition coefficient (Wildman–Crippen LogP) is 4.68. The van der Waals surface area contributed by atoms with Gasteiger partial charge < -0.3 is 9.64 Å². The molecule has 0 saturated heterocycles.